The van der Waals surface area contributed by atoms with Gasteiger partial charge in [0.05, 0.1) is 0 Å². The molecule has 0 atom stereocenters. The molecule has 0 radical (unpaired) electrons. The topological polar surface area (TPSA) is 58.2 Å². The smallest absolute Gasteiger partial charge is 0.303 e. The van der Waals surface area contributed by atoms with Crippen molar-refractivity contribution in [3.05, 3.63) is 40.6 Å². The van der Waals surface area contributed by atoms with E-state index in [4.69, 9.17) is 0 Å². The van der Waals surface area contributed by atoms with Gasteiger partial charge in [0.1, 0.15) is 5.70 Å². The maximum atomic E-state index is 11.3. The Morgan fingerprint density at radius 3 is 2.38 bits per heavy atom. The van der Waals surface area contributed by atoms with Crippen molar-refractivity contribution in [2.24, 2.45) is 0 Å². The van der Waals surface area contributed by atoms with E-state index in [0.717, 1.165) is 11.1 Å². The van der Waals surface area contributed by atoms with Gasteiger partial charge in [-0.25, -0.2) is 4.79 Å². The summed E-state index contributed by atoms with van der Waals surface area (Å²) in [5, 5.41) is 4.60. The van der Waals surface area contributed by atoms with Crippen LogP contribution in [0.3, 0.4) is 0 Å². The largest absolute Gasteiger partial charge is 0.326 e. The van der Waals surface area contributed by atoms with Crippen molar-refractivity contribution in [2.75, 3.05) is 0 Å². The maximum Gasteiger partial charge on any atom is 0.326 e. The third-order valence-corrected chi connectivity index (χ3v) is 2.56. The third kappa shape index (κ3) is 1.95. The highest BCUT2D eigenvalue weighted by atomic mass is 16.2. The van der Waals surface area contributed by atoms with E-state index in [2.05, 4.69) is 10.6 Å². The summed E-state index contributed by atoms with van der Waals surface area (Å²) in [6.45, 7) is 4.03. The lowest BCUT2D eigenvalue weighted by atomic mass is 10.1. The van der Waals surface area contributed by atoms with Crippen LogP contribution in [0.2, 0.25) is 0 Å². The van der Waals surface area contributed by atoms with Crippen LogP contribution in [-0.4, -0.2) is 11.9 Å². The molecule has 2 N–H and O–H groups in total. The Morgan fingerprint density at radius 2 is 1.81 bits per heavy atom. The number of imide groups is 1. The van der Waals surface area contributed by atoms with Crippen molar-refractivity contribution in [1.82, 2.24) is 10.6 Å². The first-order valence-electron chi connectivity index (χ1n) is 4.97. The van der Waals surface area contributed by atoms with Gasteiger partial charge >= 0.3 is 6.03 Å². The van der Waals surface area contributed by atoms with Crippen molar-refractivity contribution >= 4 is 18.0 Å². The van der Waals surface area contributed by atoms with Gasteiger partial charge in [-0.3, -0.25) is 10.1 Å². The molecule has 0 saturated carbocycles. The van der Waals surface area contributed by atoms with Crippen molar-refractivity contribution in [3.63, 3.8) is 0 Å². The Morgan fingerprint density at radius 1 is 1.06 bits per heavy atom. The quantitative estimate of drug-likeness (QED) is 0.552. The zero-order valence-electron chi connectivity index (χ0n) is 9.13. The van der Waals surface area contributed by atoms with Gasteiger partial charge in [-0.2, -0.15) is 0 Å². The molecule has 4 heteroatoms. The van der Waals surface area contributed by atoms with Crippen LogP contribution in [-0.2, 0) is 4.79 Å². The lowest BCUT2D eigenvalue weighted by Crippen LogP contribution is -2.22. The van der Waals surface area contributed by atoms with Crippen molar-refractivity contribution in [2.45, 2.75) is 13.8 Å². The number of amides is 3. The molecule has 0 aliphatic carbocycles. The van der Waals surface area contributed by atoms with Gasteiger partial charge in [-0.15, -0.1) is 0 Å². The van der Waals surface area contributed by atoms with E-state index >= 15 is 0 Å². The Hall–Kier alpha value is -2.10. The summed E-state index contributed by atoms with van der Waals surface area (Å²) >= 11 is 0. The first-order chi connectivity index (χ1) is 7.56. The van der Waals surface area contributed by atoms with Gasteiger partial charge < -0.3 is 5.32 Å². The summed E-state index contributed by atoms with van der Waals surface area (Å²) in [5.41, 5.74) is 3.53. The van der Waals surface area contributed by atoms with Crippen LogP contribution in [0.15, 0.2) is 23.9 Å². The van der Waals surface area contributed by atoms with Gasteiger partial charge in [0.25, 0.3) is 5.91 Å². The molecule has 1 aliphatic heterocycles. The molecule has 3 amide bonds. The molecule has 0 spiro atoms. The number of hydrogen-bond acceptors (Lipinski definition) is 2. The average Bonchev–Trinajstić information content (AvgIpc) is 2.51. The summed E-state index contributed by atoms with van der Waals surface area (Å²) in [5.74, 6) is -0.386. The average molecular weight is 216 g/mol. The molecular weight excluding hydrogens is 204 g/mol. The summed E-state index contributed by atoms with van der Waals surface area (Å²) < 4.78 is 0. The van der Waals surface area contributed by atoms with E-state index in [1.807, 2.05) is 32.0 Å². The first-order valence-corrected chi connectivity index (χ1v) is 4.97. The number of aryl methyl sites for hydroxylation is 2. The minimum Gasteiger partial charge on any atom is -0.303 e. The number of urea groups is 1. The van der Waals surface area contributed by atoms with Crippen LogP contribution in [0.4, 0.5) is 4.79 Å². The summed E-state index contributed by atoms with van der Waals surface area (Å²) in [4.78, 5) is 22.2. The molecule has 2 rings (SSSR count). The Bertz CT molecular complexity index is 504. The monoisotopic (exact) mass is 216 g/mol. The maximum absolute atomic E-state index is 11.3. The van der Waals surface area contributed by atoms with E-state index < -0.39 is 6.03 Å². The van der Waals surface area contributed by atoms with Crippen LogP contribution in [0.25, 0.3) is 6.08 Å². The second kappa shape index (κ2) is 3.81. The highest BCUT2D eigenvalue weighted by Gasteiger charge is 2.22. The fraction of sp³-hybridized carbons (Fsp3) is 0.167. The van der Waals surface area contributed by atoms with Gasteiger partial charge in [0, 0.05) is 0 Å². The van der Waals surface area contributed by atoms with Crippen LogP contribution in [0.5, 0.6) is 0 Å². The Kier molecular flexibility index (Phi) is 2.48. The van der Waals surface area contributed by atoms with Crippen LogP contribution < -0.4 is 10.6 Å². The number of rotatable bonds is 1. The van der Waals surface area contributed by atoms with E-state index in [-0.39, 0.29) is 11.6 Å². The number of benzene rings is 1. The molecule has 4 nitrogen and oxygen atoms in total. The van der Waals surface area contributed by atoms with Gasteiger partial charge in [-0.05, 0) is 36.6 Å². The molecular formula is C12H12N2O2. The van der Waals surface area contributed by atoms with E-state index in [0.29, 0.717) is 0 Å². The molecule has 1 heterocycles. The van der Waals surface area contributed by atoms with E-state index in [1.54, 1.807) is 6.08 Å². The van der Waals surface area contributed by atoms with Crippen LogP contribution in [0, 0.1) is 13.8 Å². The fourth-order valence-corrected chi connectivity index (χ4v) is 1.50. The van der Waals surface area contributed by atoms with Gasteiger partial charge in [-0.1, -0.05) is 18.2 Å². The third-order valence-electron chi connectivity index (χ3n) is 2.56. The van der Waals surface area contributed by atoms with Crippen molar-refractivity contribution in [3.8, 4) is 0 Å². The molecule has 0 bridgehead atoms. The van der Waals surface area contributed by atoms with Crippen molar-refractivity contribution < 1.29 is 9.59 Å². The Labute approximate surface area is 93.3 Å². The van der Waals surface area contributed by atoms with Crippen molar-refractivity contribution in [1.29, 1.82) is 0 Å². The van der Waals surface area contributed by atoms with E-state index in [9.17, 15) is 9.59 Å². The molecule has 82 valence electrons. The second-order valence-electron chi connectivity index (χ2n) is 3.81. The molecule has 1 aliphatic rings. The van der Waals surface area contributed by atoms with Gasteiger partial charge in [0.2, 0.25) is 0 Å². The minimum absolute atomic E-state index is 0.285. The highest BCUT2D eigenvalue weighted by Crippen LogP contribution is 2.13. The molecule has 0 unspecified atom stereocenters. The zero-order valence-corrected chi connectivity index (χ0v) is 9.13. The predicted octanol–water partition coefficient (Wildman–Crippen LogP) is 1.48. The predicted molar refractivity (Wildman–Crippen MR) is 60.6 cm³/mol. The lowest BCUT2D eigenvalue weighted by Gasteiger charge is -2.01. The fourth-order valence-electron chi connectivity index (χ4n) is 1.50. The molecule has 0 aromatic heterocycles. The highest BCUT2D eigenvalue weighted by molar-refractivity contribution is 6.13. The molecule has 1 fully saturated rings. The normalized spacial score (nSPS) is 17.5. The standard InChI is InChI=1S/C12H12N2O2/c1-7-3-4-9(5-8(7)2)6-10-11(15)14-12(16)13-10/h3-6H,1-2H3,(H2,13,14,15,16)/b10-6-. The van der Waals surface area contributed by atoms with Gasteiger partial charge in [0.15, 0.2) is 0 Å². The molecule has 1 aromatic rings. The summed E-state index contributed by atoms with van der Waals surface area (Å²) in [6, 6.07) is 5.39. The number of nitrogens with one attached hydrogen (secondary N) is 2. The van der Waals surface area contributed by atoms with E-state index in [1.165, 1.54) is 5.56 Å². The number of hydrogen-bond donors (Lipinski definition) is 2. The number of carbonyl (C=O) groups is 2. The second-order valence-corrected chi connectivity index (χ2v) is 3.81. The SMILES string of the molecule is Cc1ccc(/C=C2\NC(=O)NC2=O)cc1C. The Balaban J connectivity index is 2.32. The summed E-state index contributed by atoms with van der Waals surface area (Å²) in [7, 11) is 0. The summed E-state index contributed by atoms with van der Waals surface area (Å²) in [6.07, 6.45) is 1.66. The minimum atomic E-state index is -0.472. The van der Waals surface area contributed by atoms with Crippen LogP contribution in [0.1, 0.15) is 16.7 Å². The first kappa shape index (κ1) is 10.4. The number of carbonyl (C=O) groups excluding carboxylic acids is 2. The molecule has 1 saturated heterocycles. The van der Waals surface area contributed by atoms with Crippen LogP contribution >= 0.6 is 0 Å². The zero-order chi connectivity index (χ0) is 11.7. The molecule has 1 aromatic carbocycles. The molecule has 16 heavy (non-hydrogen) atoms. The lowest BCUT2D eigenvalue weighted by molar-refractivity contribution is -0.115.